The van der Waals surface area contributed by atoms with Crippen molar-refractivity contribution < 1.29 is 5.11 Å². The van der Waals surface area contributed by atoms with E-state index in [2.05, 4.69) is 28.5 Å². The smallest absolute Gasteiger partial charge is 0.146 e. The summed E-state index contributed by atoms with van der Waals surface area (Å²) >= 11 is 0. The first-order valence-electron chi connectivity index (χ1n) is 6.70. The van der Waals surface area contributed by atoms with E-state index in [-0.39, 0.29) is 0 Å². The Morgan fingerprint density at radius 1 is 1.47 bits per heavy atom. The van der Waals surface area contributed by atoms with Crippen LogP contribution in [0.15, 0.2) is 24.5 Å². The van der Waals surface area contributed by atoms with Gasteiger partial charge in [0.2, 0.25) is 0 Å². The van der Waals surface area contributed by atoms with Crippen molar-refractivity contribution in [3.05, 3.63) is 41.5 Å². The van der Waals surface area contributed by atoms with Gasteiger partial charge in [0.1, 0.15) is 17.9 Å². The number of phenols is 1. The maximum atomic E-state index is 9.83. The van der Waals surface area contributed by atoms with Gasteiger partial charge in [-0.3, -0.25) is 0 Å². The number of fused-ring (bicyclic) bond motifs is 1. The van der Waals surface area contributed by atoms with E-state index >= 15 is 0 Å². The highest BCUT2D eigenvalue weighted by Gasteiger charge is 2.24. The number of aryl methyl sites for hydroxylation is 1. The minimum absolute atomic E-state index is 0.295. The molecule has 0 radical (unpaired) electrons. The van der Waals surface area contributed by atoms with Gasteiger partial charge in [-0.1, -0.05) is 12.1 Å². The van der Waals surface area contributed by atoms with Gasteiger partial charge in [-0.2, -0.15) is 0 Å². The Morgan fingerprint density at radius 3 is 3.21 bits per heavy atom. The predicted octanol–water partition coefficient (Wildman–Crippen LogP) is 1.78. The van der Waals surface area contributed by atoms with Crippen LogP contribution in [0.4, 0.5) is 0 Å². The van der Waals surface area contributed by atoms with Crippen LogP contribution in [0, 0.1) is 0 Å². The molecular weight excluding hydrogens is 240 g/mol. The fraction of sp³-hybridized carbons (Fsp3) is 0.429. The molecule has 1 aliphatic carbocycles. The Hall–Kier alpha value is -1.88. The van der Waals surface area contributed by atoms with Gasteiger partial charge in [0, 0.05) is 12.6 Å². The van der Waals surface area contributed by atoms with E-state index in [9.17, 15) is 5.11 Å². The monoisotopic (exact) mass is 258 g/mol. The van der Waals surface area contributed by atoms with Gasteiger partial charge >= 0.3 is 0 Å². The van der Waals surface area contributed by atoms with Crippen LogP contribution in [0.5, 0.6) is 5.75 Å². The average molecular weight is 258 g/mol. The Bertz CT molecular complexity index is 579. The molecule has 1 atom stereocenters. The molecule has 5 nitrogen and oxygen atoms in total. The highest BCUT2D eigenvalue weighted by atomic mass is 16.3. The SMILES string of the molecule is CCn1cnnc1CNC1CCc2c(O)cccc21. The molecule has 0 bridgehead atoms. The van der Waals surface area contributed by atoms with Crippen LogP contribution in [-0.4, -0.2) is 19.9 Å². The number of rotatable bonds is 4. The zero-order chi connectivity index (χ0) is 13.2. The zero-order valence-corrected chi connectivity index (χ0v) is 11.0. The summed E-state index contributed by atoms with van der Waals surface area (Å²) in [5.74, 6) is 1.37. The van der Waals surface area contributed by atoms with E-state index in [1.165, 1.54) is 5.56 Å². The largest absolute Gasteiger partial charge is 0.508 e. The standard InChI is InChI=1S/C14H18N4O/c1-2-18-9-16-17-14(18)8-15-12-7-6-11-10(12)4-3-5-13(11)19/h3-5,9,12,15,19H,2,6-8H2,1H3. The van der Waals surface area contributed by atoms with E-state index in [0.29, 0.717) is 18.3 Å². The quantitative estimate of drug-likeness (QED) is 0.877. The lowest BCUT2D eigenvalue weighted by Gasteiger charge is -2.14. The fourth-order valence-electron chi connectivity index (χ4n) is 2.74. The number of hydrogen-bond donors (Lipinski definition) is 2. The number of phenolic OH excluding ortho intramolecular Hbond substituents is 1. The van der Waals surface area contributed by atoms with Gasteiger partial charge in [-0.15, -0.1) is 10.2 Å². The lowest BCUT2D eigenvalue weighted by molar-refractivity contribution is 0.469. The highest BCUT2D eigenvalue weighted by Crippen LogP contribution is 2.36. The number of aromatic nitrogens is 3. The lowest BCUT2D eigenvalue weighted by atomic mass is 10.1. The third kappa shape index (κ3) is 2.21. The molecule has 0 fully saturated rings. The molecule has 100 valence electrons. The molecule has 1 heterocycles. The number of nitrogens with one attached hydrogen (secondary N) is 1. The molecule has 2 N–H and O–H groups in total. The molecule has 5 heteroatoms. The molecule has 19 heavy (non-hydrogen) atoms. The first-order chi connectivity index (χ1) is 9.29. The van der Waals surface area contributed by atoms with Crippen LogP contribution in [0.1, 0.15) is 36.3 Å². The van der Waals surface area contributed by atoms with Crippen molar-refractivity contribution in [2.45, 2.75) is 38.9 Å². The van der Waals surface area contributed by atoms with E-state index in [1.807, 2.05) is 10.6 Å². The van der Waals surface area contributed by atoms with Crippen LogP contribution < -0.4 is 5.32 Å². The summed E-state index contributed by atoms with van der Waals surface area (Å²) in [5.41, 5.74) is 2.29. The molecule has 1 aliphatic rings. The third-order valence-electron chi connectivity index (χ3n) is 3.79. The van der Waals surface area contributed by atoms with Crippen molar-refractivity contribution in [1.29, 1.82) is 0 Å². The van der Waals surface area contributed by atoms with E-state index in [4.69, 9.17) is 0 Å². The number of nitrogens with zero attached hydrogens (tertiary/aromatic N) is 3. The highest BCUT2D eigenvalue weighted by molar-refractivity contribution is 5.44. The van der Waals surface area contributed by atoms with Gasteiger partial charge in [-0.25, -0.2) is 0 Å². The molecule has 1 aromatic heterocycles. The van der Waals surface area contributed by atoms with Crippen molar-refractivity contribution in [2.75, 3.05) is 0 Å². The summed E-state index contributed by atoms with van der Waals surface area (Å²) < 4.78 is 2.03. The van der Waals surface area contributed by atoms with Crippen molar-refractivity contribution >= 4 is 0 Å². The van der Waals surface area contributed by atoms with Crippen molar-refractivity contribution in [1.82, 2.24) is 20.1 Å². The average Bonchev–Trinajstić information content (AvgIpc) is 3.03. The van der Waals surface area contributed by atoms with Gasteiger partial charge in [0.15, 0.2) is 0 Å². The Labute approximate surface area is 112 Å². The molecule has 0 saturated carbocycles. The summed E-state index contributed by atoms with van der Waals surface area (Å²) in [6, 6.07) is 6.05. The fourth-order valence-corrected chi connectivity index (χ4v) is 2.74. The summed E-state index contributed by atoms with van der Waals surface area (Å²) in [4.78, 5) is 0. The van der Waals surface area contributed by atoms with E-state index < -0.39 is 0 Å². The molecule has 0 spiro atoms. The van der Waals surface area contributed by atoms with Crippen molar-refractivity contribution in [3.8, 4) is 5.75 Å². The van der Waals surface area contributed by atoms with Gasteiger partial charge in [0.25, 0.3) is 0 Å². The van der Waals surface area contributed by atoms with Crippen molar-refractivity contribution in [2.24, 2.45) is 0 Å². The van der Waals surface area contributed by atoms with Crippen LogP contribution in [0.25, 0.3) is 0 Å². The zero-order valence-electron chi connectivity index (χ0n) is 11.0. The Morgan fingerprint density at radius 2 is 2.37 bits per heavy atom. The summed E-state index contributed by atoms with van der Waals surface area (Å²) in [6.45, 7) is 3.66. The van der Waals surface area contributed by atoms with Gasteiger partial charge in [0.05, 0.1) is 6.54 Å². The molecule has 1 aromatic carbocycles. The predicted molar refractivity (Wildman–Crippen MR) is 71.7 cm³/mol. The van der Waals surface area contributed by atoms with E-state index in [0.717, 1.165) is 30.8 Å². The molecular formula is C14H18N4O. The molecule has 3 rings (SSSR count). The number of benzene rings is 1. The molecule has 0 amide bonds. The number of aromatic hydroxyl groups is 1. The summed E-state index contributed by atoms with van der Waals surface area (Å²) in [5, 5.41) is 21.4. The second-order valence-corrected chi connectivity index (χ2v) is 4.85. The Kier molecular flexibility index (Phi) is 3.21. The Balaban J connectivity index is 1.72. The van der Waals surface area contributed by atoms with Crippen molar-refractivity contribution in [3.63, 3.8) is 0 Å². The number of hydrogen-bond acceptors (Lipinski definition) is 4. The van der Waals surface area contributed by atoms with E-state index in [1.54, 1.807) is 12.4 Å². The maximum Gasteiger partial charge on any atom is 0.146 e. The minimum atomic E-state index is 0.295. The van der Waals surface area contributed by atoms with Crippen LogP contribution >= 0.6 is 0 Å². The van der Waals surface area contributed by atoms with Gasteiger partial charge < -0.3 is 15.0 Å². The normalized spacial score (nSPS) is 17.6. The van der Waals surface area contributed by atoms with Crippen LogP contribution in [0.3, 0.4) is 0 Å². The van der Waals surface area contributed by atoms with Crippen LogP contribution in [-0.2, 0) is 19.5 Å². The summed E-state index contributed by atoms with van der Waals surface area (Å²) in [7, 11) is 0. The minimum Gasteiger partial charge on any atom is -0.508 e. The molecule has 0 aliphatic heterocycles. The van der Waals surface area contributed by atoms with Crippen LogP contribution in [0.2, 0.25) is 0 Å². The maximum absolute atomic E-state index is 9.83. The third-order valence-corrected chi connectivity index (χ3v) is 3.79. The first-order valence-corrected chi connectivity index (χ1v) is 6.70. The first kappa shape index (κ1) is 12.2. The topological polar surface area (TPSA) is 63.0 Å². The molecule has 0 saturated heterocycles. The second kappa shape index (κ2) is 5.01. The summed E-state index contributed by atoms with van der Waals surface area (Å²) in [6.07, 6.45) is 3.71. The second-order valence-electron chi connectivity index (χ2n) is 4.85. The van der Waals surface area contributed by atoms with Gasteiger partial charge in [-0.05, 0) is 37.0 Å². The lowest BCUT2D eigenvalue weighted by Crippen LogP contribution is -2.21. The molecule has 1 unspecified atom stereocenters. The molecule has 2 aromatic rings.